The Morgan fingerprint density at radius 3 is 2.58 bits per heavy atom. The fraction of sp³-hybridized carbons (Fsp3) is 0.533. The number of fused-ring (bicyclic) bond motifs is 1. The second-order valence-electron chi connectivity index (χ2n) is 5.09. The molecule has 2 aromatic rings. The van der Waals surface area contributed by atoms with Crippen LogP contribution in [0.25, 0.3) is 11.0 Å². The van der Waals surface area contributed by atoms with Crippen LogP contribution in [0.4, 0.5) is 5.95 Å². The Hall–Kier alpha value is -1.16. The molecule has 0 unspecified atom stereocenters. The van der Waals surface area contributed by atoms with Crippen LogP contribution in [0.2, 0.25) is 0 Å². The molecule has 0 aliphatic heterocycles. The van der Waals surface area contributed by atoms with E-state index in [1.54, 1.807) is 0 Å². The fourth-order valence-corrected chi connectivity index (χ4v) is 3.49. The van der Waals surface area contributed by atoms with E-state index in [1.807, 2.05) is 23.9 Å². The number of imidazole rings is 1. The third kappa shape index (κ3) is 2.46. The van der Waals surface area contributed by atoms with Crippen molar-refractivity contribution in [2.45, 2.75) is 44.9 Å². The predicted molar refractivity (Wildman–Crippen MR) is 85.7 cm³/mol. The van der Waals surface area contributed by atoms with Crippen LogP contribution >= 0.6 is 11.8 Å². The van der Waals surface area contributed by atoms with Gasteiger partial charge in [0.25, 0.3) is 0 Å². The first-order valence-corrected chi connectivity index (χ1v) is 8.06. The molecule has 0 saturated carbocycles. The van der Waals surface area contributed by atoms with Crippen LogP contribution in [-0.2, 0) is 6.54 Å². The van der Waals surface area contributed by atoms with Gasteiger partial charge in [0, 0.05) is 11.3 Å². The maximum atomic E-state index is 6.14. The van der Waals surface area contributed by atoms with E-state index in [-0.39, 0.29) is 4.75 Å². The summed E-state index contributed by atoms with van der Waals surface area (Å²) in [4.78, 5) is 4.49. The Bertz CT molecular complexity index is 562. The van der Waals surface area contributed by atoms with E-state index < -0.39 is 0 Å². The van der Waals surface area contributed by atoms with Crippen LogP contribution < -0.4 is 5.73 Å². The second kappa shape index (κ2) is 5.45. The van der Waals surface area contributed by atoms with Gasteiger partial charge >= 0.3 is 0 Å². The lowest BCUT2D eigenvalue weighted by molar-refractivity contribution is 0.476. The van der Waals surface area contributed by atoms with Crippen molar-refractivity contribution in [3.8, 4) is 0 Å². The first kappa shape index (κ1) is 14.3. The lowest BCUT2D eigenvalue weighted by Gasteiger charge is -2.30. The second-order valence-corrected chi connectivity index (χ2v) is 6.37. The summed E-state index contributed by atoms with van der Waals surface area (Å²) >= 11 is 1.93. The molecule has 0 fully saturated rings. The van der Waals surface area contributed by atoms with Gasteiger partial charge < -0.3 is 10.3 Å². The van der Waals surface area contributed by atoms with Gasteiger partial charge in [-0.25, -0.2) is 4.98 Å². The zero-order valence-corrected chi connectivity index (χ0v) is 13.0. The van der Waals surface area contributed by atoms with Gasteiger partial charge in [-0.3, -0.25) is 0 Å². The average molecular weight is 277 g/mol. The van der Waals surface area contributed by atoms with E-state index >= 15 is 0 Å². The molecule has 0 spiro atoms. The van der Waals surface area contributed by atoms with Crippen molar-refractivity contribution >= 4 is 28.7 Å². The number of nitrogen functional groups attached to an aromatic ring is 1. The molecule has 0 saturated heterocycles. The number of hydrogen-bond donors (Lipinski definition) is 1. The van der Waals surface area contributed by atoms with Gasteiger partial charge in [0.2, 0.25) is 5.95 Å². The maximum Gasteiger partial charge on any atom is 0.201 e. The zero-order valence-electron chi connectivity index (χ0n) is 12.2. The van der Waals surface area contributed by atoms with Crippen molar-refractivity contribution in [2.24, 2.45) is 0 Å². The third-order valence-electron chi connectivity index (χ3n) is 4.17. The summed E-state index contributed by atoms with van der Waals surface area (Å²) in [5.41, 5.74) is 9.56. The first-order valence-electron chi connectivity index (χ1n) is 6.83. The number of aryl methyl sites for hydroxylation is 1. The third-order valence-corrected chi connectivity index (χ3v) is 5.74. The molecule has 104 valence electrons. The van der Waals surface area contributed by atoms with Crippen molar-refractivity contribution < 1.29 is 0 Å². The Morgan fingerprint density at radius 1 is 1.32 bits per heavy atom. The molecular weight excluding hydrogens is 254 g/mol. The van der Waals surface area contributed by atoms with Crippen molar-refractivity contribution in [2.75, 3.05) is 12.0 Å². The number of para-hydroxylation sites is 1. The van der Waals surface area contributed by atoms with Gasteiger partial charge in [0.05, 0.1) is 11.0 Å². The van der Waals surface area contributed by atoms with Crippen molar-refractivity contribution in [1.29, 1.82) is 0 Å². The first-order chi connectivity index (χ1) is 9.06. The van der Waals surface area contributed by atoms with Crippen LogP contribution in [0.15, 0.2) is 18.2 Å². The summed E-state index contributed by atoms with van der Waals surface area (Å²) in [6.45, 7) is 7.55. The minimum Gasteiger partial charge on any atom is -0.369 e. The molecule has 0 radical (unpaired) electrons. The quantitative estimate of drug-likeness (QED) is 0.902. The topological polar surface area (TPSA) is 43.8 Å². The summed E-state index contributed by atoms with van der Waals surface area (Å²) in [5, 5.41) is 0. The number of hydrogen-bond acceptors (Lipinski definition) is 3. The fourth-order valence-electron chi connectivity index (χ4n) is 2.66. The zero-order chi connectivity index (χ0) is 14.0. The normalized spacial score (nSPS) is 12.2. The molecule has 3 nitrogen and oxygen atoms in total. The van der Waals surface area contributed by atoms with E-state index in [1.165, 1.54) is 11.1 Å². The van der Waals surface area contributed by atoms with Crippen LogP contribution in [0.3, 0.4) is 0 Å². The highest BCUT2D eigenvalue weighted by Gasteiger charge is 2.27. The summed E-state index contributed by atoms with van der Waals surface area (Å²) < 4.78 is 2.43. The van der Waals surface area contributed by atoms with E-state index in [2.05, 4.69) is 42.6 Å². The van der Waals surface area contributed by atoms with Gasteiger partial charge in [-0.05, 0) is 37.7 Å². The molecule has 1 heterocycles. The minimum atomic E-state index is 0.240. The molecule has 2 N–H and O–H groups in total. The summed E-state index contributed by atoms with van der Waals surface area (Å²) in [6.07, 6.45) is 4.46. The van der Waals surface area contributed by atoms with Gasteiger partial charge in [0.1, 0.15) is 0 Å². The lowest BCUT2D eigenvalue weighted by Crippen LogP contribution is -2.29. The van der Waals surface area contributed by atoms with Crippen LogP contribution in [0.1, 0.15) is 32.3 Å². The van der Waals surface area contributed by atoms with Crippen molar-refractivity contribution in [3.05, 3.63) is 23.8 Å². The van der Waals surface area contributed by atoms with E-state index in [4.69, 9.17) is 5.73 Å². The number of nitrogens with two attached hydrogens (primary N) is 1. The van der Waals surface area contributed by atoms with E-state index in [0.29, 0.717) is 5.95 Å². The Morgan fingerprint density at radius 2 is 2.00 bits per heavy atom. The molecule has 0 aliphatic rings. The van der Waals surface area contributed by atoms with E-state index in [9.17, 15) is 0 Å². The van der Waals surface area contributed by atoms with E-state index in [0.717, 1.165) is 24.9 Å². The summed E-state index contributed by atoms with van der Waals surface area (Å²) in [7, 11) is 0. The standard InChI is InChI=1S/C15H23N3S/c1-5-15(6-2,19-4)10-18-13-11(3)8-7-9-12(13)17-14(18)16/h7-9H,5-6,10H2,1-4H3,(H2,16,17). The smallest absolute Gasteiger partial charge is 0.201 e. The molecular formula is C15H23N3S. The number of nitrogens with zero attached hydrogens (tertiary/aromatic N) is 2. The molecule has 0 amide bonds. The number of thioether (sulfide) groups is 1. The van der Waals surface area contributed by atoms with Crippen LogP contribution in [0, 0.1) is 6.92 Å². The Kier molecular flexibility index (Phi) is 4.09. The van der Waals surface area contributed by atoms with Crippen molar-refractivity contribution in [1.82, 2.24) is 9.55 Å². The molecule has 1 aromatic heterocycles. The highest BCUT2D eigenvalue weighted by atomic mass is 32.2. The monoisotopic (exact) mass is 277 g/mol. The molecule has 0 bridgehead atoms. The van der Waals surface area contributed by atoms with Crippen LogP contribution in [0.5, 0.6) is 0 Å². The Labute approximate surface area is 119 Å². The number of benzene rings is 1. The lowest BCUT2D eigenvalue weighted by atomic mass is 10.0. The molecule has 4 heteroatoms. The highest BCUT2D eigenvalue weighted by Crippen LogP contribution is 2.34. The van der Waals surface area contributed by atoms with Gasteiger partial charge in [-0.2, -0.15) is 11.8 Å². The molecule has 0 atom stereocenters. The predicted octanol–water partition coefficient (Wildman–Crippen LogP) is 3.85. The molecule has 19 heavy (non-hydrogen) atoms. The van der Waals surface area contributed by atoms with Gasteiger partial charge in [-0.15, -0.1) is 0 Å². The maximum absolute atomic E-state index is 6.14. The minimum absolute atomic E-state index is 0.240. The van der Waals surface area contributed by atoms with Crippen LogP contribution in [-0.4, -0.2) is 20.6 Å². The summed E-state index contributed by atoms with van der Waals surface area (Å²) in [6, 6.07) is 6.20. The number of rotatable bonds is 5. The number of aromatic nitrogens is 2. The summed E-state index contributed by atoms with van der Waals surface area (Å²) in [5.74, 6) is 0.629. The SMILES string of the molecule is CCC(CC)(Cn1c(N)nc2cccc(C)c21)SC. The average Bonchev–Trinajstić information content (AvgIpc) is 2.73. The van der Waals surface area contributed by atoms with Crippen molar-refractivity contribution in [3.63, 3.8) is 0 Å². The molecule has 1 aromatic carbocycles. The Balaban J connectivity index is 2.53. The van der Waals surface area contributed by atoms with Gasteiger partial charge in [0.15, 0.2) is 0 Å². The highest BCUT2D eigenvalue weighted by molar-refractivity contribution is 8.00. The molecule has 2 rings (SSSR count). The number of anilines is 1. The largest absolute Gasteiger partial charge is 0.369 e. The van der Waals surface area contributed by atoms with Gasteiger partial charge in [-0.1, -0.05) is 26.0 Å². The molecule has 0 aliphatic carbocycles.